The summed E-state index contributed by atoms with van der Waals surface area (Å²) in [6.45, 7) is 2.64. The van der Waals surface area contributed by atoms with Crippen LogP contribution in [0.4, 0.5) is 0 Å². The Morgan fingerprint density at radius 3 is 2.64 bits per heavy atom. The molecule has 0 aromatic heterocycles. The molecule has 1 amide bonds. The predicted octanol–water partition coefficient (Wildman–Crippen LogP) is 2.11. The van der Waals surface area contributed by atoms with Gasteiger partial charge in [-0.2, -0.15) is 0 Å². The van der Waals surface area contributed by atoms with E-state index in [0.29, 0.717) is 24.5 Å². The highest BCUT2D eigenvalue weighted by atomic mass is 79.9. The summed E-state index contributed by atoms with van der Waals surface area (Å²) >= 11 is 3.33. The minimum Gasteiger partial charge on any atom is -0.490 e. The molecule has 0 bridgehead atoms. The first-order chi connectivity index (χ1) is 10.5. The fourth-order valence-electron chi connectivity index (χ4n) is 1.71. The molecule has 0 aliphatic heterocycles. The summed E-state index contributed by atoms with van der Waals surface area (Å²) in [6.07, 6.45) is 0. The van der Waals surface area contributed by atoms with Crippen LogP contribution in [0.1, 0.15) is 17.3 Å². The number of halogens is 1. The smallest absolute Gasteiger partial charge is 0.325 e. The largest absolute Gasteiger partial charge is 0.490 e. The van der Waals surface area contributed by atoms with E-state index >= 15 is 0 Å². The van der Waals surface area contributed by atoms with Gasteiger partial charge in [0.1, 0.15) is 18.9 Å². The number of methoxy groups -OCH3 is 1. The normalized spacial score (nSPS) is 10.2. The summed E-state index contributed by atoms with van der Waals surface area (Å²) in [4.78, 5) is 25.2. The van der Waals surface area contributed by atoms with Crippen LogP contribution in [0.5, 0.6) is 5.75 Å². The van der Waals surface area contributed by atoms with E-state index < -0.39 is 5.97 Å². The molecule has 22 heavy (non-hydrogen) atoms. The van der Waals surface area contributed by atoms with Crippen molar-refractivity contribution in [2.45, 2.75) is 6.92 Å². The molecule has 6 nitrogen and oxygen atoms in total. The Balaban J connectivity index is 2.85. The SMILES string of the molecule is CCOC(=O)CN(C)C(=O)c1cc(Br)ccc1OCCOC. The topological polar surface area (TPSA) is 65.1 Å². The van der Waals surface area contributed by atoms with Crippen LogP contribution in [0.3, 0.4) is 0 Å². The number of hydrogen-bond donors (Lipinski definition) is 0. The van der Waals surface area contributed by atoms with Crippen LogP contribution >= 0.6 is 15.9 Å². The average molecular weight is 374 g/mol. The zero-order valence-electron chi connectivity index (χ0n) is 12.9. The first-order valence-electron chi connectivity index (χ1n) is 6.82. The lowest BCUT2D eigenvalue weighted by Gasteiger charge is -2.18. The second kappa shape index (κ2) is 9.42. The van der Waals surface area contributed by atoms with Gasteiger partial charge in [0.15, 0.2) is 0 Å². The molecule has 7 heteroatoms. The Morgan fingerprint density at radius 1 is 1.27 bits per heavy atom. The number of ether oxygens (including phenoxy) is 3. The number of benzene rings is 1. The van der Waals surface area contributed by atoms with Crippen LogP contribution < -0.4 is 4.74 Å². The molecule has 0 aliphatic carbocycles. The number of hydrogen-bond acceptors (Lipinski definition) is 5. The van der Waals surface area contributed by atoms with Gasteiger partial charge in [-0.25, -0.2) is 0 Å². The molecule has 1 aromatic carbocycles. The van der Waals surface area contributed by atoms with E-state index in [2.05, 4.69) is 15.9 Å². The second-order valence-corrected chi connectivity index (χ2v) is 5.36. The molecule has 0 N–H and O–H groups in total. The molecule has 0 saturated heterocycles. The van der Waals surface area contributed by atoms with E-state index in [1.807, 2.05) is 0 Å². The standard InChI is InChI=1S/C15H20BrNO5/c1-4-21-14(18)10-17(2)15(19)12-9-11(16)5-6-13(12)22-8-7-20-3/h5-6,9H,4,7-8,10H2,1-3H3. The summed E-state index contributed by atoms with van der Waals surface area (Å²) in [5.41, 5.74) is 0.372. The van der Waals surface area contributed by atoms with Crippen LogP contribution in [0, 0.1) is 0 Å². The van der Waals surface area contributed by atoms with Crippen molar-refractivity contribution in [3.63, 3.8) is 0 Å². The van der Waals surface area contributed by atoms with Gasteiger partial charge in [0.05, 0.1) is 18.8 Å². The monoisotopic (exact) mass is 373 g/mol. The first kappa shape index (κ1) is 18.4. The maximum absolute atomic E-state index is 12.5. The van der Waals surface area contributed by atoms with Crippen molar-refractivity contribution in [2.75, 3.05) is 40.5 Å². The average Bonchev–Trinajstić information content (AvgIpc) is 2.48. The van der Waals surface area contributed by atoms with Crippen molar-refractivity contribution in [2.24, 2.45) is 0 Å². The van der Waals surface area contributed by atoms with Gasteiger partial charge in [0.2, 0.25) is 0 Å². The Morgan fingerprint density at radius 2 is 2.00 bits per heavy atom. The number of esters is 1. The number of carbonyl (C=O) groups excluding carboxylic acids is 2. The van der Waals surface area contributed by atoms with E-state index in [1.165, 1.54) is 4.90 Å². The molecule has 0 atom stereocenters. The van der Waals surface area contributed by atoms with E-state index in [0.717, 1.165) is 4.47 Å². The van der Waals surface area contributed by atoms with Gasteiger partial charge < -0.3 is 19.1 Å². The second-order valence-electron chi connectivity index (χ2n) is 4.45. The third kappa shape index (κ3) is 5.65. The van der Waals surface area contributed by atoms with Gasteiger partial charge in [0, 0.05) is 18.6 Å². The molecule has 0 spiro atoms. The summed E-state index contributed by atoms with van der Waals surface area (Å²) in [7, 11) is 3.11. The molecular weight excluding hydrogens is 354 g/mol. The predicted molar refractivity (Wildman–Crippen MR) is 85.1 cm³/mol. The molecular formula is C15H20BrNO5. The van der Waals surface area contributed by atoms with Gasteiger partial charge in [-0.3, -0.25) is 9.59 Å². The lowest BCUT2D eigenvalue weighted by Crippen LogP contribution is -2.33. The molecule has 0 heterocycles. The fraction of sp³-hybridized carbons (Fsp3) is 0.467. The number of likely N-dealkylation sites (N-methyl/N-ethyl adjacent to an activating group) is 1. The van der Waals surface area contributed by atoms with Crippen LogP contribution in [-0.4, -0.2) is 57.3 Å². The summed E-state index contributed by atoms with van der Waals surface area (Å²) < 4.78 is 16.1. The van der Waals surface area contributed by atoms with Crippen LogP contribution in [0.2, 0.25) is 0 Å². The highest BCUT2D eigenvalue weighted by Gasteiger charge is 2.20. The van der Waals surface area contributed by atoms with Crippen LogP contribution in [0.15, 0.2) is 22.7 Å². The van der Waals surface area contributed by atoms with Gasteiger partial charge in [-0.1, -0.05) is 15.9 Å². The fourth-order valence-corrected chi connectivity index (χ4v) is 2.07. The molecule has 122 valence electrons. The first-order valence-corrected chi connectivity index (χ1v) is 7.61. The van der Waals surface area contributed by atoms with Gasteiger partial charge in [-0.15, -0.1) is 0 Å². The van der Waals surface area contributed by atoms with Crippen LogP contribution in [0.25, 0.3) is 0 Å². The lowest BCUT2D eigenvalue weighted by atomic mass is 10.1. The molecule has 0 radical (unpaired) electrons. The van der Waals surface area contributed by atoms with E-state index in [9.17, 15) is 9.59 Å². The lowest BCUT2D eigenvalue weighted by molar-refractivity contribution is -0.143. The van der Waals surface area contributed by atoms with Crippen molar-refractivity contribution in [1.82, 2.24) is 4.90 Å². The maximum Gasteiger partial charge on any atom is 0.325 e. The Hall–Kier alpha value is -1.60. The molecule has 0 unspecified atom stereocenters. The zero-order valence-corrected chi connectivity index (χ0v) is 14.5. The third-order valence-electron chi connectivity index (χ3n) is 2.74. The van der Waals surface area contributed by atoms with Crippen molar-refractivity contribution in [3.05, 3.63) is 28.2 Å². The third-order valence-corrected chi connectivity index (χ3v) is 3.23. The Labute approximate surface area is 138 Å². The number of carbonyl (C=O) groups is 2. The number of nitrogens with zero attached hydrogens (tertiary/aromatic N) is 1. The zero-order chi connectivity index (χ0) is 16.5. The quantitative estimate of drug-likeness (QED) is 0.515. The minimum absolute atomic E-state index is 0.114. The number of rotatable bonds is 8. The molecule has 1 rings (SSSR count). The molecule has 1 aromatic rings. The summed E-state index contributed by atoms with van der Waals surface area (Å²) in [5, 5.41) is 0. The van der Waals surface area contributed by atoms with Crippen molar-refractivity contribution in [3.8, 4) is 5.75 Å². The van der Waals surface area contributed by atoms with Gasteiger partial charge in [0.25, 0.3) is 5.91 Å². The van der Waals surface area contributed by atoms with Gasteiger partial charge in [-0.05, 0) is 25.1 Å². The molecule has 0 aliphatic rings. The van der Waals surface area contributed by atoms with E-state index in [4.69, 9.17) is 14.2 Å². The van der Waals surface area contributed by atoms with Crippen molar-refractivity contribution < 1.29 is 23.8 Å². The Kier molecular flexibility index (Phi) is 7.90. The van der Waals surface area contributed by atoms with E-state index in [-0.39, 0.29) is 19.1 Å². The Bertz CT molecular complexity index is 521. The van der Waals surface area contributed by atoms with Crippen molar-refractivity contribution in [1.29, 1.82) is 0 Å². The maximum atomic E-state index is 12.5. The molecule has 0 fully saturated rings. The highest BCUT2D eigenvalue weighted by molar-refractivity contribution is 9.10. The molecule has 0 saturated carbocycles. The summed E-state index contributed by atoms with van der Waals surface area (Å²) in [5.74, 6) is -0.321. The summed E-state index contributed by atoms with van der Waals surface area (Å²) in [6, 6.07) is 5.14. The van der Waals surface area contributed by atoms with Gasteiger partial charge >= 0.3 is 5.97 Å². The minimum atomic E-state index is -0.449. The number of amides is 1. The van der Waals surface area contributed by atoms with Crippen molar-refractivity contribution >= 4 is 27.8 Å². The van der Waals surface area contributed by atoms with Crippen LogP contribution in [-0.2, 0) is 14.3 Å². The highest BCUT2D eigenvalue weighted by Crippen LogP contribution is 2.24. The van der Waals surface area contributed by atoms with E-state index in [1.54, 1.807) is 39.3 Å².